The summed E-state index contributed by atoms with van der Waals surface area (Å²) in [6, 6.07) is 3.78. The minimum absolute atomic E-state index is 0.371. The van der Waals surface area contributed by atoms with E-state index in [9.17, 15) is 5.11 Å². The van der Waals surface area contributed by atoms with Crippen LogP contribution >= 0.6 is 0 Å². The maximum atomic E-state index is 9.41. The second kappa shape index (κ2) is 3.68. The van der Waals surface area contributed by atoms with Gasteiger partial charge in [-0.1, -0.05) is 19.9 Å². The third-order valence-electron chi connectivity index (χ3n) is 1.87. The molecule has 12 heavy (non-hydrogen) atoms. The van der Waals surface area contributed by atoms with E-state index in [0.29, 0.717) is 5.92 Å². The van der Waals surface area contributed by atoms with E-state index in [2.05, 4.69) is 18.8 Å². The second-order valence-corrected chi connectivity index (χ2v) is 3.31. The molecule has 0 saturated carbocycles. The van der Waals surface area contributed by atoms with E-state index >= 15 is 0 Å². The molecule has 0 aliphatic heterocycles. The molecule has 0 aromatic carbocycles. The number of hydrogen-bond acceptors (Lipinski definition) is 2. The SMILES string of the molecule is CC(C)c1ncccc1C(C)O. The van der Waals surface area contributed by atoms with Gasteiger partial charge < -0.3 is 5.11 Å². The van der Waals surface area contributed by atoms with Crippen LogP contribution in [-0.4, -0.2) is 10.1 Å². The number of nitrogens with zero attached hydrogens (tertiary/aromatic N) is 1. The first-order chi connectivity index (χ1) is 5.63. The summed E-state index contributed by atoms with van der Waals surface area (Å²) < 4.78 is 0. The van der Waals surface area contributed by atoms with Gasteiger partial charge >= 0.3 is 0 Å². The van der Waals surface area contributed by atoms with Gasteiger partial charge in [-0.2, -0.15) is 0 Å². The lowest BCUT2D eigenvalue weighted by molar-refractivity contribution is 0.197. The van der Waals surface area contributed by atoms with Crippen LogP contribution < -0.4 is 0 Å². The van der Waals surface area contributed by atoms with Crippen molar-refractivity contribution in [1.82, 2.24) is 4.98 Å². The zero-order valence-corrected chi connectivity index (χ0v) is 7.78. The molecular weight excluding hydrogens is 150 g/mol. The van der Waals surface area contributed by atoms with Crippen molar-refractivity contribution in [2.75, 3.05) is 0 Å². The highest BCUT2D eigenvalue weighted by molar-refractivity contribution is 5.24. The van der Waals surface area contributed by atoms with Crippen molar-refractivity contribution in [3.05, 3.63) is 29.6 Å². The molecule has 0 bridgehead atoms. The van der Waals surface area contributed by atoms with Gasteiger partial charge in [-0.05, 0) is 18.9 Å². The van der Waals surface area contributed by atoms with Crippen LogP contribution in [0, 0.1) is 0 Å². The topological polar surface area (TPSA) is 33.1 Å². The molecule has 2 heteroatoms. The van der Waals surface area contributed by atoms with Crippen molar-refractivity contribution in [3.63, 3.8) is 0 Å². The lowest BCUT2D eigenvalue weighted by Crippen LogP contribution is -2.02. The highest BCUT2D eigenvalue weighted by atomic mass is 16.3. The van der Waals surface area contributed by atoms with Gasteiger partial charge in [-0.3, -0.25) is 4.98 Å². The lowest BCUT2D eigenvalue weighted by Gasteiger charge is -2.12. The number of rotatable bonds is 2. The van der Waals surface area contributed by atoms with E-state index in [1.807, 2.05) is 12.1 Å². The Balaban J connectivity index is 3.09. The monoisotopic (exact) mass is 165 g/mol. The molecule has 1 aromatic rings. The summed E-state index contributed by atoms with van der Waals surface area (Å²) in [5.41, 5.74) is 1.93. The van der Waals surface area contributed by atoms with E-state index in [-0.39, 0.29) is 0 Å². The van der Waals surface area contributed by atoms with E-state index < -0.39 is 6.10 Å². The largest absolute Gasteiger partial charge is 0.389 e. The Kier molecular flexibility index (Phi) is 2.82. The van der Waals surface area contributed by atoms with E-state index in [4.69, 9.17) is 0 Å². The summed E-state index contributed by atoms with van der Waals surface area (Å²) in [6.45, 7) is 5.92. The molecule has 0 amide bonds. The standard InChI is InChI=1S/C10H15NO/c1-7(2)10-9(8(3)12)5-4-6-11-10/h4-8,12H,1-3H3. The summed E-state index contributed by atoms with van der Waals surface area (Å²) >= 11 is 0. The Morgan fingerprint density at radius 2 is 2.00 bits per heavy atom. The van der Waals surface area contributed by atoms with Gasteiger partial charge in [0.15, 0.2) is 0 Å². The number of hydrogen-bond donors (Lipinski definition) is 1. The predicted octanol–water partition coefficient (Wildman–Crippen LogP) is 2.26. The predicted molar refractivity (Wildman–Crippen MR) is 49.0 cm³/mol. The smallest absolute Gasteiger partial charge is 0.0779 e. The molecule has 1 N–H and O–H groups in total. The van der Waals surface area contributed by atoms with Crippen LogP contribution in [0.25, 0.3) is 0 Å². The van der Waals surface area contributed by atoms with Crippen LogP contribution in [0.2, 0.25) is 0 Å². The molecule has 1 rings (SSSR count). The molecule has 0 saturated heterocycles. The van der Waals surface area contributed by atoms with Crippen LogP contribution in [0.15, 0.2) is 18.3 Å². The van der Waals surface area contributed by atoms with Crippen molar-refractivity contribution in [2.45, 2.75) is 32.8 Å². The summed E-state index contributed by atoms with van der Waals surface area (Å²) in [6.07, 6.45) is 1.34. The quantitative estimate of drug-likeness (QED) is 0.729. The van der Waals surface area contributed by atoms with Crippen LogP contribution in [0.1, 0.15) is 44.1 Å². The molecule has 0 fully saturated rings. The summed E-state index contributed by atoms with van der Waals surface area (Å²) in [5, 5.41) is 9.41. The number of aliphatic hydroxyl groups is 1. The highest BCUT2D eigenvalue weighted by Gasteiger charge is 2.10. The van der Waals surface area contributed by atoms with Crippen molar-refractivity contribution in [1.29, 1.82) is 0 Å². The van der Waals surface area contributed by atoms with Crippen molar-refractivity contribution in [3.8, 4) is 0 Å². The Bertz CT molecular complexity index is 229. The third kappa shape index (κ3) is 1.83. The van der Waals surface area contributed by atoms with Crippen LogP contribution in [0.3, 0.4) is 0 Å². The average molecular weight is 165 g/mol. The maximum Gasteiger partial charge on any atom is 0.0779 e. The molecule has 0 radical (unpaired) electrons. The third-order valence-corrected chi connectivity index (χ3v) is 1.87. The van der Waals surface area contributed by atoms with Crippen molar-refractivity contribution in [2.24, 2.45) is 0 Å². The van der Waals surface area contributed by atoms with E-state index in [1.54, 1.807) is 13.1 Å². The molecular formula is C10H15NO. The average Bonchev–Trinajstić information content (AvgIpc) is 2.04. The normalized spacial score (nSPS) is 13.4. The Morgan fingerprint density at radius 1 is 1.33 bits per heavy atom. The first kappa shape index (κ1) is 9.20. The maximum absolute atomic E-state index is 9.41. The van der Waals surface area contributed by atoms with Gasteiger partial charge in [-0.25, -0.2) is 0 Å². The number of aliphatic hydroxyl groups excluding tert-OH is 1. The van der Waals surface area contributed by atoms with Crippen molar-refractivity contribution < 1.29 is 5.11 Å². The minimum Gasteiger partial charge on any atom is -0.389 e. The Labute approximate surface area is 73.3 Å². The van der Waals surface area contributed by atoms with Gasteiger partial charge in [0.2, 0.25) is 0 Å². The van der Waals surface area contributed by atoms with Crippen molar-refractivity contribution >= 4 is 0 Å². The van der Waals surface area contributed by atoms with Gasteiger partial charge in [0.05, 0.1) is 6.10 Å². The zero-order chi connectivity index (χ0) is 9.14. The molecule has 0 aliphatic carbocycles. The Hall–Kier alpha value is -0.890. The number of pyridine rings is 1. The highest BCUT2D eigenvalue weighted by Crippen LogP contribution is 2.21. The molecule has 2 nitrogen and oxygen atoms in total. The van der Waals surface area contributed by atoms with Gasteiger partial charge in [0, 0.05) is 17.5 Å². The van der Waals surface area contributed by atoms with Gasteiger partial charge in [0.1, 0.15) is 0 Å². The fraction of sp³-hybridized carbons (Fsp3) is 0.500. The first-order valence-corrected chi connectivity index (χ1v) is 4.25. The fourth-order valence-electron chi connectivity index (χ4n) is 1.27. The zero-order valence-electron chi connectivity index (χ0n) is 7.78. The van der Waals surface area contributed by atoms with E-state index in [1.165, 1.54) is 0 Å². The molecule has 1 atom stereocenters. The van der Waals surface area contributed by atoms with Gasteiger partial charge in [0.25, 0.3) is 0 Å². The Morgan fingerprint density at radius 3 is 2.42 bits per heavy atom. The molecule has 1 unspecified atom stereocenters. The van der Waals surface area contributed by atoms with Gasteiger partial charge in [-0.15, -0.1) is 0 Å². The summed E-state index contributed by atoms with van der Waals surface area (Å²) in [4.78, 5) is 4.24. The molecule has 0 aliphatic rings. The molecule has 0 spiro atoms. The first-order valence-electron chi connectivity index (χ1n) is 4.25. The summed E-state index contributed by atoms with van der Waals surface area (Å²) in [5.74, 6) is 0.371. The van der Waals surface area contributed by atoms with Crippen LogP contribution in [0.5, 0.6) is 0 Å². The lowest BCUT2D eigenvalue weighted by atomic mass is 10.0. The van der Waals surface area contributed by atoms with Crippen LogP contribution in [0.4, 0.5) is 0 Å². The van der Waals surface area contributed by atoms with Crippen LogP contribution in [-0.2, 0) is 0 Å². The second-order valence-electron chi connectivity index (χ2n) is 3.31. The van der Waals surface area contributed by atoms with E-state index in [0.717, 1.165) is 11.3 Å². The summed E-state index contributed by atoms with van der Waals surface area (Å²) in [7, 11) is 0. The fourth-order valence-corrected chi connectivity index (χ4v) is 1.27. The number of aromatic nitrogens is 1. The molecule has 1 heterocycles. The minimum atomic E-state index is -0.420. The molecule has 1 aromatic heterocycles. The molecule has 66 valence electrons.